The predicted octanol–water partition coefficient (Wildman–Crippen LogP) is 3.16. The number of pyridine rings is 1. The number of alkyl halides is 3. The lowest BCUT2D eigenvalue weighted by molar-refractivity contribution is -0.192. The summed E-state index contributed by atoms with van der Waals surface area (Å²) in [7, 11) is 5.24. The largest absolute Gasteiger partial charge is 0.496 e. The number of halogens is 3. The first-order valence-corrected chi connectivity index (χ1v) is 17.0. The number of H-pyrrole nitrogens is 1. The van der Waals surface area contributed by atoms with Gasteiger partial charge in [0.2, 0.25) is 11.8 Å². The third-order valence-corrected chi connectivity index (χ3v) is 8.30. The summed E-state index contributed by atoms with van der Waals surface area (Å²) in [5.74, 6) is -5.22. The highest BCUT2D eigenvalue weighted by molar-refractivity contribution is 6.02. The topological polar surface area (TPSA) is 209 Å². The Balaban J connectivity index is 0.00000102. The van der Waals surface area contributed by atoms with Crippen molar-refractivity contribution in [2.24, 2.45) is 11.8 Å². The monoisotopic (exact) mass is 762 g/mol. The van der Waals surface area contributed by atoms with E-state index in [0.29, 0.717) is 42.0 Å². The van der Waals surface area contributed by atoms with E-state index in [1.165, 1.54) is 0 Å². The van der Waals surface area contributed by atoms with Crippen molar-refractivity contribution in [2.45, 2.75) is 64.8 Å². The second-order valence-corrected chi connectivity index (χ2v) is 13.4. The Labute approximate surface area is 309 Å². The molecule has 2 aromatic heterocycles. The molecule has 294 valence electrons. The lowest BCUT2D eigenvalue weighted by Crippen LogP contribution is -2.53. The second kappa shape index (κ2) is 19.0. The van der Waals surface area contributed by atoms with Crippen LogP contribution in [0.3, 0.4) is 0 Å². The predicted molar refractivity (Wildman–Crippen MR) is 189 cm³/mol. The normalized spacial score (nSPS) is 15.2. The highest BCUT2D eigenvalue weighted by Crippen LogP contribution is 2.26. The van der Waals surface area contributed by atoms with Crippen molar-refractivity contribution in [3.63, 3.8) is 0 Å². The van der Waals surface area contributed by atoms with Gasteiger partial charge in [0.15, 0.2) is 12.4 Å². The third kappa shape index (κ3) is 12.0. The number of rotatable bonds is 15. The van der Waals surface area contributed by atoms with Gasteiger partial charge in [0.1, 0.15) is 17.5 Å². The number of aromatic nitrogens is 2. The molecule has 3 aromatic rings. The van der Waals surface area contributed by atoms with Crippen LogP contribution in [0.25, 0.3) is 10.9 Å². The van der Waals surface area contributed by atoms with Crippen molar-refractivity contribution in [1.29, 1.82) is 0 Å². The van der Waals surface area contributed by atoms with E-state index in [1.807, 2.05) is 38.9 Å². The molecular weight excluding hydrogens is 717 g/mol. The lowest BCUT2D eigenvalue weighted by atomic mass is 9.95. The number of hydrogen-bond donors (Lipinski definition) is 5. The highest BCUT2D eigenvalue weighted by Gasteiger charge is 2.38. The number of methoxy groups -OCH3 is 1. The zero-order chi connectivity index (χ0) is 40.3. The number of fused-ring (bicyclic) bond motifs is 1. The SMILES string of the molecule is COc1cccc2[nH]c(C(=O)N[C@@H](CC(C)C)C(=O)N[C@@H](C[C@@H]3CCNC3=O)C(=O)COC(=O)c3c(C)ccnc3CN(C)C)cc12.O=C(O)C(F)(F)F. The van der Waals surface area contributed by atoms with Gasteiger partial charge >= 0.3 is 18.1 Å². The molecule has 54 heavy (non-hydrogen) atoms. The molecule has 0 spiro atoms. The van der Waals surface area contributed by atoms with Crippen LogP contribution in [0.4, 0.5) is 13.2 Å². The molecule has 4 rings (SSSR count). The van der Waals surface area contributed by atoms with E-state index in [0.717, 1.165) is 5.39 Å². The summed E-state index contributed by atoms with van der Waals surface area (Å²) in [6, 6.07) is 6.62. The Morgan fingerprint density at radius 2 is 1.78 bits per heavy atom. The van der Waals surface area contributed by atoms with Gasteiger partial charge in [0.25, 0.3) is 5.91 Å². The molecule has 0 radical (unpaired) electrons. The second-order valence-electron chi connectivity index (χ2n) is 13.4. The van der Waals surface area contributed by atoms with Gasteiger partial charge in [-0.05, 0) is 76.0 Å². The van der Waals surface area contributed by atoms with Gasteiger partial charge in [-0.1, -0.05) is 19.9 Å². The standard InChI is InChI=1S/C34H44N6O7.C2HF3O2/c1-19(2)14-25(39-33(44)26-16-22-23(37-26)8-7-9-29(22)46-6)32(43)38-24(15-21-11-13-36-31(21)42)28(41)18-47-34(45)30-20(3)10-12-35-27(30)17-40(4)5;3-2(4,5)1(6)7/h7-10,12,16,19,21,24-25,37H,11,13-15,17-18H2,1-6H3,(H,36,42)(H,38,43)(H,39,44);(H,6,7)/t21-,24-,25-;/m0./s1. The van der Waals surface area contributed by atoms with Crippen molar-refractivity contribution in [1.82, 2.24) is 30.8 Å². The van der Waals surface area contributed by atoms with E-state index >= 15 is 0 Å². The maximum absolute atomic E-state index is 13.7. The molecule has 0 aliphatic carbocycles. The fraction of sp³-hybridized carbons (Fsp3) is 0.472. The number of carbonyl (C=O) groups excluding carboxylic acids is 5. The molecule has 0 saturated carbocycles. The molecule has 1 aliphatic rings. The molecule has 18 heteroatoms. The van der Waals surface area contributed by atoms with Crippen molar-refractivity contribution in [3.8, 4) is 5.75 Å². The number of aromatic amines is 1. The van der Waals surface area contributed by atoms with Crippen LogP contribution in [0.1, 0.15) is 65.2 Å². The van der Waals surface area contributed by atoms with E-state index < -0.39 is 60.3 Å². The van der Waals surface area contributed by atoms with Crippen molar-refractivity contribution in [2.75, 3.05) is 34.4 Å². The first kappa shape index (κ1) is 42.9. The Morgan fingerprint density at radius 1 is 1.09 bits per heavy atom. The fourth-order valence-corrected chi connectivity index (χ4v) is 5.69. The van der Waals surface area contributed by atoms with E-state index in [4.69, 9.17) is 19.4 Å². The van der Waals surface area contributed by atoms with Crippen LogP contribution in [-0.2, 0) is 30.5 Å². The number of nitrogens with one attached hydrogen (secondary N) is 4. The average Bonchev–Trinajstić information content (AvgIpc) is 3.71. The number of hydrogen-bond acceptors (Lipinski definition) is 10. The molecule has 1 fully saturated rings. The zero-order valence-electron chi connectivity index (χ0n) is 30.8. The first-order valence-electron chi connectivity index (χ1n) is 17.0. The van der Waals surface area contributed by atoms with Crippen LogP contribution in [0, 0.1) is 18.8 Å². The summed E-state index contributed by atoms with van der Waals surface area (Å²) in [5, 5.41) is 16.2. The maximum atomic E-state index is 13.7. The average molecular weight is 763 g/mol. The van der Waals surface area contributed by atoms with Crippen molar-refractivity contribution in [3.05, 3.63) is 59.0 Å². The number of carbonyl (C=O) groups is 6. The Kier molecular flexibility index (Phi) is 15.1. The van der Waals surface area contributed by atoms with E-state index in [9.17, 15) is 37.1 Å². The minimum Gasteiger partial charge on any atom is -0.496 e. The van der Waals surface area contributed by atoms with Crippen molar-refractivity contribution < 1.29 is 56.5 Å². The van der Waals surface area contributed by atoms with Gasteiger partial charge in [-0.15, -0.1) is 0 Å². The minimum absolute atomic E-state index is 0.0173. The number of carboxylic acids is 1. The van der Waals surface area contributed by atoms with Gasteiger partial charge in [0.05, 0.1) is 24.4 Å². The number of ketones is 1. The number of amides is 3. The third-order valence-electron chi connectivity index (χ3n) is 8.30. The smallest absolute Gasteiger partial charge is 0.490 e. The molecule has 0 bridgehead atoms. The van der Waals surface area contributed by atoms with Crippen LogP contribution >= 0.6 is 0 Å². The first-order chi connectivity index (χ1) is 25.3. The number of benzene rings is 1. The molecule has 15 nitrogen and oxygen atoms in total. The summed E-state index contributed by atoms with van der Waals surface area (Å²) < 4.78 is 42.6. The van der Waals surface area contributed by atoms with Gasteiger partial charge in [-0.25, -0.2) is 9.59 Å². The van der Waals surface area contributed by atoms with E-state index in [2.05, 4.69) is 25.9 Å². The minimum atomic E-state index is -5.08. The van der Waals surface area contributed by atoms with E-state index in [-0.39, 0.29) is 35.9 Å². The molecule has 1 aromatic carbocycles. The van der Waals surface area contributed by atoms with Crippen LogP contribution in [0.2, 0.25) is 0 Å². The Hall–Kier alpha value is -5.52. The molecule has 3 atom stereocenters. The molecule has 5 N–H and O–H groups in total. The number of aliphatic carboxylic acids is 1. The molecule has 3 amide bonds. The summed E-state index contributed by atoms with van der Waals surface area (Å²) >= 11 is 0. The lowest BCUT2D eigenvalue weighted by Gasteiger charge is -2.25. The van der Waals surface area contributed by atoms with Crippen LogP contribution in [-0.4, -0.2) is 108 Å². The van der Waals surface area contributed by atoms with E-state index in [1.54, 1.807) is 44.5 Å². The number of carboxylic acid groups (broad SMARTS) is 1. The summed E-state index contributed by atoms with van der Waals surface area (Å²) in [5.41, 5.74) is 2.39. The molecule has 0 unspecified atom stereocenters. The molecular formula is C36H45F3N6O9. The molecule has 1 aliphatic heterocycles. The quantitative estimate of drug-likeness (QED) is 0.142. The zero-order valence-corrected chi connectivity index (χ0v) is 30.8. The van der Waals surface area contributed by atoms with Crippen LogP contribution < -0.4 is 20.7 Å². The number of aryl methyl sites for hydroxylation is 1. The molecule has 3 heterocycles. The Morgan fingerprint density at radius 3 is 2.35 bits per heavy atom. The maximum Gasteiger partial charge on any atom is 0.490 e. The van der Waals surface area contributed by atoms with Gasteiger partial charge < -0.3 is 40.4 Å². The van der Waals surface area contributed by atoms with Gasteiger partial charge in [-0.2, -0.15) is 13.2 Å². The van der Waals surface area contributed by atoms with Gasteiger partial charge in [0, 0.05) is 36.1 Å². The summed E-state index contributed by atoms with van der Waals surface area (Å²) in [6.07, 6.45) is -2.67. The Bertz CT molecular complexity index is 1840. The van der Waals surface area contributed by atoms with Crippen LogP contribution in [0.15, 0.2) is 36.5 Å². The number of esters is 1. The van der Waals surface area contributed by atoms with Gasteiger partial charge in [-0.3, -0.25) is 24.2 Å². The summed E-state index contributed by atoms with van der Waals surface area (Å²) in [6.45, 7) is 5.82. The number of ether oxygens (including phenoxy) is 2. The van der Waals surface area contributed by atoms with Crippen molar-refractivity contribution >= 4 is 46.3 Å². The summed E-state index contributed by atoms with van der Waals surface area (Å²) in [4.78, 5) is 84.3. The fourth-order valence-electron chi connectivity index (χ4n) is 5.69. The number of nitrogens with zero attached hydrogens (tertiary/aromatic N) is 2. The molecule has 1 saturated heterocycles. The highest BCUT2D eigenvalue weighted by atomic mass is 19.4. The number of Topliss-reactive ketones (excluding diaryl/α,β-unsaturated/α-hetero) is 1. The van der Waals surface area contributed by atoms with Crippen LogP contribution in [0.5, 0.6) is 5.75 Å².